The third kappa shape index (κ3) is 2.91. The van der Waals surface area contributed by atoms with Gasteiger partial charge in [0.2, 0.25) is 0 Å². The van der Waals surface area contributed by atoms with Crippen molar-refractivity contribution in [1.29, 1.82) is 0 Å². The number of aromatic nitrogens is 4. The van der Waals surface area contributed by atoms with Crippen LogP contribution < -0.4 is 0 Å². The number of pyridine rings is 1. The van der Waals surface area contributed by atoms with Crippen LogP contribution in [-0.4, -0.2) is 36.0 Å². The van der Waals surface area contributed by atoms with Gasteiger partial charge in [-0.25, -0.2) is 18.2 Å². The van der Waals surface area contributed by atoms with Gasteiger partial charge in [0.1, 0.15) is 5.69 Å². The number of carbonyl (C=O) groups excluding carboxylic acids is 1. The molecule has 9 heteroatoms. The predicted molar refractivity (Wildman–Crippen MR) is 114 cm³/mol. The Morgan fingerprint density at radius 1 is 1.12 bits per heavy atom. The molecule has 1 fully saturated rings. The summed E-state index contributed by atoms with van der Waals surface area (Å²) in [7, 11) is 1.70. The molecule has 2 aliphatic rings. The molecule has 0 N–H and O–H groups in total. The fourth-order valence-corrected chi connectivity index (χ4v) is 5.46. The number of amides is 1. The van der Waals surface area contributed by atoms with Crippen molar-refractivity contribution in [1.82, 2.24) is 24.1 Å². The molecule has 2 aliphatic heterocycles. The second kappa shape index (κ2) is 7.19. The molecular formula is C24H20F3N5O. The summed E-state index contributed by atoms with van der Waals surface area (Å²) in [6, 6.07) is 7.22. The fraction of sp³-hybridized carbons (Fsp3) is 0.292. The molecule has 1 saturated heterocycles. The lowest BCUT2D eigenvalue weighted by atomic mass is 9.81. The quantitative estimate of drug-likeness (QED) is 0.424. The SMILES string of the molecule is Cn1nc2c(c1-c1cc(F)c(F)c(F)c1)CC1CCCC2N1C(=O)c1cccc2cncn12. The molecule has 2 atom stereocenters. The monoisotopic (exact) mass is 451 g/mol. The van der Waals surface area contributed by atoms with E-state index in [1.807, 2.05) is 17.0 Å². The highest BCUT2D eigenvalue weighted by atomic mass is 19.2. The molecule has 1 amide bonds. The van der Waals surface area contributed by atoms with E-state index in [-0.39, 0.29) is 23.6 Å². The molecule has 1 aromatic carbocycles. The van der Waals surface area contributed by atoms with Crippen LogP contribution in [0.2, 0.25) is 0 Å². The summed E-state index contributed by atoms with van der Waals surface area (Å²) in [6.45, 7) is 0. The highest BCUT2D eigenvalue weighted by Gasteiger charge is 2.44. The maximum absolute atomic E-state index is 14.0. The zero-order valence-electron chi connectivity index (χ0n) is 17.8. The number of nitrogens with zero attached hydrogens (tertiary/aromatic N) is 5. The number of hydrogen-bond acceptors (Lipinski definition) is 3. The topological polar surface area (TPSA) is 55.4 Å². The number of aryl methyl sites for hydroxylation is 1. The van der Waals surface area contributed by atoms with Gasteiger partial charge in [-0.2, -0.15) is 5.10 Å². The largest absolute Gasteiger partial charge is 0.325 e. The Labute approximate surface area is 187 Å². The van der Waals surface area contributed by atoms with Gasteiger partial charge in [-0.3, -0.25) is 13.9 Å². The molecule has 5 heterocycles. The van der Waals surface area contributed by atoms with E-state index in [4.69, 9.17) is 0 Å². The zero-order valence-corrected chi connectivity index (χ0v) is 17.8. The maximum Gasteiger partial charge on any atom is 0.271 e. The van der Waals surface area contributed by atoms with Gasteiger partial charge in [-0.1, -0.05) is 6.07 Å². The summed E-state index contributed by atoms with van der Waals surface area (Å²) < 4.78 is 44.9. The molecule has 0 radical (unpaired) electrons. The number of benzene rings is 1. The summed E-state index contributed by atoms with van der Waals surface area (Å²) in [5, 5.41) is 4.67. The first-order valence-corrected chi connectivity index (χ1v) is 10.9. The molecule has 3 aromatic heterocycles. The lowest BCUT2D eigenvalue weighted by Gasteiger charge is -2.45. The fourth-order valence-electron chi connectivity index (χ4n) is 5.46. The van der Waals surface area contributed by atoms with Gasteiger partial charge in [0.05, 0.1) is 35.5 Å². The van der Waals surface area contributed by atoms with Crippen LogP contribution in [0.5, 0.6) is 0 Å². The van der Waals surface area contributed by atoms with Crippen LogP contribution in [0.3, 0.4) is 0 Å². The van der Waals surface area contributed by atoms with Crippen LogP contribution in [-0.2, 0) is 13.5 Å². The van der Waals surface area contributed by atoms with E-state index in [0.29, 0.717) is 17.8 Å². The van der Waals surface area contributed by atoms with Crippen LogP contribution in [0.15, 0.2) is 42.9 Å². The van der Waals surface area contributed by atoms with Gasteiger partial charge in [-0.15, -0.1) is 0 Å². The van der Waals surface area contributed by atoms with E-state index >= 15 is 0 Å². The number of rotatable bonds is 2. The molecule has 6 nitrogen and oxygen atoms in total. The van der Waals surface area contributed by atoms with Crippen molar-refractivity contribution in [3.8, 4) is 11.3 Å². The Bertz CT molecular complexity index is 1400. The summed E-state index contributed by atoms with van der Waals surface area (Å²) in [4.78, 5) is 19.8. The van der Waals surface area contributed by atoms with Gasteiger partial charge in [0, 0.05) is 24.2 Å². The van der Waals surface area contributed by atoms with Crippen molar-refractivity contribution in [2.75, 3.05) is 0 Å². The van der Waals surface area contributed by atoms with Crippen LogP contribution in [0, 0.1) is 17.5 Å². The summed E-state index contributed by atoms with van der Waals surface area (Å²) in [5.74, 6) is -4.05. The second-order valence-electron chi connectivity index (χ2n) is 8.71. The first-order valence-electron chi connectivity index (χ1n) is 10.9. The van der Waals surface area contributed by atoms with Crippen molar-refractivity contribution < 1.29 is 18.0 Å². The number of halogens is 3. The molecule has 4 aromatic rings. The van der Waals surface area contributed by atoms with Crippen LogP contribution in [0.4, 0.5) is 13.2 Å². The van der Waals surface area contributed by atoms with E-state index in [0.717, 1.165) is 48.2 Å². The molecule has 0 aliphatic carbocycles. The highest BCUT2D eigenvalue weighted by Crippen LogP contribution is 2.45. The number of carbonyl (C=O) groups is 1. The van der Waals surface area contributed by atoms with E-state index in [1.165, 1.54) is 0 Å². The van der Waals surface area contributed by atoms with E-state index in [2.05, 4.69) is 10.1 Å². The highest BCUT2D eigenvalue weighted by molar-refractivity contribution is 5.94. The van der Waals surface area contributed by atoms with Crippen LogP contribution >= 0.6 is 0 Å². The lowest BCUT2D eigenvalue weighted by molar-refractivity contribution is 0.0384. The second-order valence-corrected chi connectivity index (χ2v) is 8.71. The minimum Gasteiger partial charge on any atom is -0.325 e. The van der Waals surface area contributed by atoms with Gasteiger partial charge >= 0.3 is 0 Å². The third-order valence-electron chi connectivity index (χ3n) is 6.83. The number of imidazole rings is 1. The van der Waals surface area contributed by atoms with E-state index in [1.54, 1.807) is 34.7 Å². The first kappa shape index (κ1) is 20.0. The Morgan fingerprint density at radius 2 is 1.91 bits per heavy atom. The van der Waals surface area contributed by atoms with Gasteiger partial charge in [0.15, 0.2) is 17.5 Å². The zero-order chi connectivity index (χ0) is 22.9. The first-order chi connectivity index (χ1) is 15.9. The smallest absolute Gasteiger partial charge is 0.271 e. The molecule has 33 heavy (non-hydrogen) atoms. The Hall–Kier alpha value is -3.62. The minimum atomic E-state index is -1.49. The average Bonchev–Trinajstić information content (AvgIpc) is 3.40. The summed E-state index contributed by atoms with van der Waals surface area (Å²) in [6.07, 6.45) is 6.38. The number of piperidine rings is 1. The van der Waals surface area contributed by atoms with E-state index < -0.39 is 17.5 Å². The van der Waals surface area contributed by atoms with Crippen molar-refractivity contribution >= 4 is 11.4 Å². The third-order valence-corrected chi connectivity index (χ3v) is 6.83. The number of fused-ring (bicyclic) bond motifs is 5. The van der Waals surface area contributed by atoms with Gasteiger partial charge < -0.3 is 4.90 Å². The maximum atomic E-state index is 14.0. The average molecular weight is 451 g/mol. The summed E-state index contributed by atoms with van der Waals surface area (Å²) >= 11 is 0. The van der Waals surface area contributed by atoms with E-state index in [9.17, 15) is 18.0 Å². The molecule has 2 bridgehead atoms. The Balaban J connectivity index is 1.46. The normalized spacial score (nSPS) is 19.7. The van der Waals surface area contributed by atoms with Crippen molar-refractivity contribution in [2.45, 2.75) is 37.8 Å². The van der Waals surface area contributed by atoms with Crippen molar-refractivity contribution in [3.63, 3.8) is 0 Å². The lowest BCUT2D eigenvalue weighted by Crippen LogP contribution is -2.50. The van der Waals surface area contributed by atoms with Gasteiger partial charge in [-0.05, 0) is 49.9 Å². The molecule has 0 spiro atoms. The summed E-state index contributed by atoms with van der Waals surface area (Å²) in [5.41, 5.74) is 3.77. The predicted octanol–water partition coefficient (Wildman–Crippen LogP) is 4.44. The van der Waals surface area contributed by atoms with Gasteiger partial charge in [0.25, 0.3) is 5.91 Å². The molecule has 6 rings (SSSR count). The number of hydrogen-bond donors (Lipinski definition) is 0. The molecular weight excluding hydrogens is 431 g/mol. The van der Waals surface area contributed by atoms with Crippen LogP contribution in [0.25, 0.3) is 16.8 Å². The Morgan fingerprint density at radius 3 is 2.70 bits per heavy atom. The molecule has 0 saturated carbocycles. The minimum absolute atomic E-state index is 0.0689. The standard InChI is InChI=1S/C24H20F3N5O/c1-30-23(13-8-17(25)21(27)18(26)9-13)16-10-14-4-2-6-19(22(16)29-30)32(14)24(33)20-7-3-5-15-11-28-12-31(15)20/h3,5,7-9,11-12,14,19H,2,4,6,10H2,1H3. The van der Waals surface area contributed by atoms with Crippen molar-refractivity contribution in [2.24, 2.45) is 7.05 Å². The van der Waals surface area contributed by atoms with Crippen LogP contribution in [0.1, 0.15) is 47.1 Å². The Kier molecular flexibility index (Phi) is 4.36. The molecule has 168 valence electrons. The molecule has 2 unspecified atom stereocenters. The van der Waals surface area contributed by atoms with Crippen molar-refractivity contribution in [3.05, 3.63) is 77.3 Å².